The quantitative estimate of drug-likeness (QED) is 0.623. The highest BCUT2D eigenvalue weighted by molar-refractivity contribution is 6.62. The van der Waals surface area contributed by atoms with Crippen molar-refractivity contribution in [2.24, 2.45) is 0 Å². The fraction of sp³-hybridized carbons (Fsp3) is 0.474. The van der Waals surface area contributed by atoms with Crippen LogP contribution in [0.3, 0.4) is 0 Å². The maximum absolute atomic E-state index is 12.2. The van der Waals surface area contributed by atoms with Gasteiger partial charge < -0.3 is 14.0 Å². The summed E-state index contributed by atoms with van der Waals surface area (Å²) in [5.41, 5.74) is 1.96. The van der Waals surface area contributed by atoms with Crippen molar-refractivity contribution >= 4 is 18.6 Å². The van der Waals surface area contributed by atoms with Gasteiger partial charge in [0.25, 0.3) is 0 Å². The molecule has 2 heterocycles. The number of rotatable bonds is 4. The van der Waals surface area contributed by atoms with Crippen LogP contribution >= 0.6 is 0 Å². The molecule has 0 amide bonds. The number of ether oxygens (including phenoxy) is 1. The molecule has 0 saturated carbocycles. The van der Waals surface area contributed by atoms with Gasteiger partial charge in [0, 0.05) is 0 Å². The van der Waals surface area contributed by atoms with Crippen LogP contribution in [0.25, 0.3) is 5.69 Å². The van der Waals surface area contributed by atoms with Gasteiger partial charge in [-0.3, -0.25) is 0 Å². The number of carbonyl (C=O) groups excluding carboxylic acids is 1. The second-order valence-corrected chi connectivity index (χ2v) is 7.49. The molecule has 0 spiro atoms. The highest BCUT2D eigenvalue weighted by atomic mass is 16.7. The Bertz CT molecular complexity index is 813. The van der Waals surface area contributed by atoms with E-state index < -0.39 is 24.3 Å². The number of aromatic nitrogens is 2. The van der Waals surface area contributed by atoms with E-state index in [4.69, 9.17) is 14.0 Å². The highest BCUT2D eigenvalue weighted by Gasteiger charge is 2.51. The van der Waals surface area contributed by atoms with Gasteiger partial charge >= 0.3 is 13.1 Å². The van der Waals surface area contributed by atoms with Crippen molar-refractivity contribution in [1.82, 2.24) is 9.78 Å². The van der Waals surface area contributed by atoms with E-state index in [0.29, 0.717) is 12.3 Å². The third-order valence-corrected chi connectivity index (χ3v) is 4.96. The van der Waals surface area contributed by atoms with Crippen molar-refractivity contribution in [3.05, 3.63) is 41.7 Å². The summed E-state index contributed by atoms with van der Waals surface area (Å²) in [6, 6.07) is 9.40. The summed E-state index contributed by atoms with van der Waals surface area (Å²) in [7, 11) is -0.470. The summed E-state index contributed by atoms with van der Waals surface area (Å²) >= 11 is 0. The molecule has 6 nitrogen and oxygen atoms in total. The van der Waals surface area contributed by atoms with E-state index in [9.17, 15) is 4.79 Å². The van der Waals surface area contributed by atoms with Crippen molar-refractivity contribution in [3.8, 4) is 5.69 Å². The number of carbonyl (C=O) groups is 1. The Kier molecular flexibility index (Phi) is 4.71. The summed E-state index contributed by atoms with van der Waals surface area (Å²) in [5, 5.41) is 4.44. The van der Waals surface area contributed by atoms with E-state index in [0.717, 1.165) is 16.8 Å². The molecule has 1 fully saturated rings. The topological polar surface area (TPSA) is 62.6 Å². The van der Waals surface area contributed by atoms with Gasteiger partial charge in [0.15, 0.2) is 5.69 Å². The molecule has 7 heteroatoms. The van der Waals surface area contributed by atoms with Crippen LogP contribution < -0.4 is 5.46 Å². The van der Waals surface area contributed by atoms with Gasteiger partial charge in [-0.2, -0.15) is 5.10 Å². The molecule has 26 heavy (non-hydrogen) atoms. The summed E-state index contributed by atoms with van der Waals surface area (Å²) in [5.74, 6) is -0.394. The molecule has 0 N–H and O–H groups in total. The number of esters is 1. The number of nitrogens with zero attached hydrogens (tertiary/aromatic N) is 2. The van der Waals surface area contributed by atoms with E-state index in [2.05, 4.69) is 5.10 Å². The Morgan fingerprint density at radius 3 is 2.46 bits per heavy atom. The molecule has 0 radical (unpaired) electrons. The fourth-order valence-corrected chi connectivity index (χ4v) is 2.83. The lowest BCUT2D eigenvalue weighted by Gasteiger charge is -2.32. The Labute approximate surface area is 154 Å². The molecule has 1 aliphatic heterocycles. The third kappa shape index (κ3) is 3.29. The first-order valence-electron chi connectivity index (χ1n) is 8.84. The molecule has 1 saturated heterocycles. The van der Waals surface area contributed by atoms with Crippen LogP contribution in [0.1, 0.15) is 50.8 Å². The molecule has 0 atom stereocenters. The normalized spacial score (nSPS) is 18.2. The van der Waals surface area contributed by atoms with Gasteiger partial charge in [0.1, 0.15) is 0 Å². The molecule has 1 aromatic heterocycles. The third-order valence-electron chi connectivity index (χ3n) is 4.96. The lowest BCUT2D eigenvalue weighted by Crippen LogP contribution is -2.41. The SMILES string of the molecule is CCOC(=O)c1cc(C)nn1-c1cccc(B2OC(C)(C)C(C)(C)O2)c1. The number of hydrogen-bond acceptors (Lipinski definition) is 5. The second kappa shape index (κ2) is 6.56. The van der Waals surface area contributed by atoms with Crippen molar-refractivity contribution < 1.29 is 18.8 Å². The lowest BCUT2D eigenvalue weighted by molar-refractivity contribution is 0.00578. The summed E-state index contributed by atoms with van der Waals surface area (Å²) in [6.07, 6.45) is 0. The first-order chi connectivity index (χ1) is 12.1. The van der Waals surface area contributed by atoms with Crippen LogP contribution in [0, 0.1) is 6.92 Å². The van der Waals surface area contributed by atoms with Crippen molar-refractivity contribution in [2.75, 3.05) is 6.61 Å². The molecule has 138 valence electrons. The van der Waals surface area contributed by atoms with E-state index in [1.54, 1.807) is 17.7 Å². The zero-order valence-corrected chi connectivity index (χ0v) is 16.2. The standard InChI is InChI=1S/C19H25BN2O4/c1-7-24-17(23)16-11-13(2)21-22(16)15-10-8-9-14(12-15)20-25-18(3,4)19(5,6)26-20/h8-12H,7H2,1-6H3. The van der Waals surface area contributed by atoms with E-state index in [1.807, 2.05) is 58.9 Å². The minimum Gasteiger partial charge on any atom is -0.461 e. The Hall–Kier alpha value is -2.12. The fourth-order valence-electron chi connectivity index (χ4n) is 2.83. The largest absolute Gasteiger partial charge is 0.494 e. The van der Waals surface area contributed by atoms with Crippen LogP contribution in [0.2, 0.25) is 0 Å². The minimum atomic E-state index is -0.470. The maximum atomic E-state index is 12.2. The average Bonchev–Trinajstić information content (AvgIpc) is 3.05. The second-order valence-electron chi connectivity index (χ2n) is 7.49. The number of aryl methyl sites for hydroxylation is 1. The monoisotopic (exact) mass is 356 g/mol. The predicted molar refractivity (Wildman–Crippen MR) is 100.0 cm³/mol. The number of benzene rings is 1. The molecule has 0 aliphatic carbocycles. The van der Waals surface area contributed by atoms with Crippen LogP contribution in [0.5, 0.6) is 0 Å². The zero-order chi connectivity index (χ0) is 19.1. The number of hydrogen-bond donors (Lipinski definition) is 0. The van der Waals surface area contributed by atoms with Gasteiger partial charge in [-0.15, -0.1) is 0 Å². The first kappa shape index (κ1) is 18.7. The molecule has 1 aliphatic rings. The average molecular weight is 356 g/mol. The molecular weight excluding hydrogens is 331 g/mol. The van der Waals surface area contributed by atoms with Crippen LogP contribution in [0.15, 0.2) is 30.3 Å². The minimum absolute atomic E-state index is 0.316. The summed E-state index contributed by atoms with van der Waals surface area (Å²) in [6.45, 7) is 12.0. The summed E-state index contributed by atoms with van der Waals surface area (Å²) < 4.78 is 19.0. The molecule has 0 unspecified atom stereocenters. The Morgan fingerprint density at radius 2 is 1.85 bits per heavy atom. The highest BCUT2D eigenvalue weighted by Crippen LogP contribution is 2.36. The Balaban J connectivity index is 1.96. The molecule has 3 rings (SSSR count). The van der Waals surface area contributed by atoms with Gasteiger partial charge in [-0.1, -0.05) is 12.1 Å². The van der Waals surface area contributed by atoms with Crippen molar-refractivity contribution in [2.45, 2.75) is 52.7 Å². The smallest absolute Gasteiger partial charge is 0.461 e. The maximum Gasteiger partial charge on any atom is 0.494 e. The van der Waals surface area contributed by atoms with Gasteiger partial charge in [0.05, 0.1) is 29.2 Å². The van der Waals surface area contributed by atoms with Crippen LogP contribution in [-0.2, 0) is 14.0 Å². The molecule has 2 aromatic rings. The Morgan fingerprint density at radius 1 is 1.19 bits per heavy atom. The first-order valence-corrected chi connectivity index (χ1v) is 8.84. The van der Waals surface area contributed by atoms with Crippen LogP contribution in [-0.4, -0.2) is 40.7 Å². The van der Waals surface area contributed by atoms with Crippen molar-refractivity contribution in [1.29, 1.82) is 0 Å². The van der Waals surface area contributed by atoms with Crippen LogP contribution in [0.4, 0.5) is 0 Å². The van der Waals surface area contributed by atoms with Crippen molar-refractivity contribution in [3.63, 3.8) is 0 Å². The van der Waals surface area contributed by atoms with E-state index in [-0.39, 0.29) is 0 Å². The molecule has 1 aromatic carbocycles. The van der Waals surface area contributed by atoms with E-state index >= 15 is 0 Å². The van der Waals surface area contributed by atoms with E-state index in [1.165, 1.54) is 0 Å². The predicted octanol–water partition coefficient (Wildman–Crippen LogP) is 2.66. The summed E-state index contributed by atoms with van der Waals surface area (Å²) in [4.78, 5) is 12.2. The van der Waals surface area contributed by atoms with Gasteiger partial charge in [0.2, 0.25) is 0 Å². The molecule has 0 bridgehead atoms. The lowest BCUT2D eigenvalue weighted by atomic mass is 9.79. The van der Waals surface area contributed by atoms with Gasteiger partial charge in [-0.05, 0) is 65.2 Å². The molecular formula is C19H25BN2O4. The van der Waals surface area contributed by atoms with Gasteiger partial charge in [-0.25, -0.2) is 9.48 Å². The zero-order valence-electron chi connectivity index (χ0n) is 16.2.